The molecule has 4 heteroatoms. The average Bonchev–Trinajstić information content (AvgIpc) is 2.58. The van der Waals surface area contributed by atoms with E-state index in [2.05, 4.69) is 5.32 Å². The van der Waals surface area contributed by atoms with Gasteiger partial charge in [0.1, 0.15) is 12.4 Å². The van der Waals surface area contributed by atoms with Crippen molar-refractivity contribution in [1.82, 2.24) is 10.2 Å². The van der Waals surface area contributed by atoms with Crippen LogP contribution in [0.2, 0.25) is 0 Å². The van der Waals surface area contributed by atoms with Crippen LogP contribution in [0.25, 0.3) is 0 Å². The molecule has 0 spiro atoms. The number of benzene rings is 1. The zero-order valence-electron chi connectivity index (χ0n) is 10.3. The number of fused-ring (bicyclic) bond motifs is 1. The molecule has 0 aromatic heterocycles. The van der Waals surface area contributed by atoms with Crippen molar-refractivity contribution in [3.8, 4) is 5.75 Å². The molecule has 1 unspecified atom stereocenters. The summed E-state index contributed by atoms with van der Waals surface area (Å²) in [6.45, 7) is 3.69. The topological polar surface area (TPSA) is 41.6 Å². The third-order valence-corrected chi connectivity index (χ3v) is 3.07. The smallest absolute Gasteiger partial charge is 0.239 e. The average molecular weight is 234 g/mol. The van der Waals surface area contributed by atoms with Gasteiger partial charge in [0.05, 0.1) is 12.6 Å². The van der Waals surface area contributed by atoms with Crippen LogP contribution in [-0.4, -0.2) is 37.0 Å². The molecule has 0 saturated heterocycles. The first-order valence-electron chi connectivity index (χ1n) is 5.89. The molecule has 1 amide bonds. The number of carbonyl (C=O) groups excluding carboxylic acids is 1. The van der Waals surface area contributed by atoms with Gasteiger partial charge in [-0.1, -0.05) is 18.2 Å². The minimum absolute atomic E-state index is 0.118. The highest BCUT2D eigenvalue weighted by atomic mass is 16.5. The molecular weight excluding hydrogens is 216 g/mol. The monoisotopic (exact) mass is 234 g/mol. The zero-order valence-corrected chi connectivity index (χ0v) is 10.3. The van der Waals surface area contributed by atoms with Crippen molar-refractivity contribution in [2.45, 2.75) is 19.5 Å². The third kappa shape index (κ3) is 2.58. The number of carbonyl (C=O) groups is 1. The summed E-state index contributed by atoms with van der Waals surface area (Å²) >= 11 is 0. The normalized spacial score (nSPS) is 16.7. The molecule has 1 aromatic carbocycles. The molecule has 92 valence electrons. The predicted octanol–water partition coefficient (Wildman–Crippen LogP) is 1.02. The van der Waals surface area contributed by atoms with Gasteiger partial charge in [-0.05, 0) is 20.0 Å². The molecule has 0 fully saturated rings. The highest BCUT2D eigenvalue weighted by Crippen LogP contribution is 2.22. The second-order valence-electron chi connectivity index (χ2n) is 4.23. The second kappa shape index (κ2) is 5.19. The largest absolute Gasteiger partial charge is 0.491 e. The number of hydrogen-bond acceptors (Lipinski definition) is 3. The molecule has 4 nitrogen and oxygen atoms in total. The van der Waals surface area contributed by atoms with Gasteiger partial charge < -0.3 is 15.0 Å². The van der Waals surface area contributed by atoms with E-state index in [4.69, 9.17) is 4.74 Å². The first kappa shape index (κ1) is 11.9. The third-order valence-electron chi connectivity index (χ3n) is 3.07. The summed E-state index contributed by atoms with van der Waals surface area (Å²) in [6, 6.07) is 7.72. The highest BCUT2D eigenvalue weighted by molar-refractivity contribution is 5.81. The van der Waals surface area contributed by atoms with E-state index >= 15 is 0 Å². The van der Waals surface area contributed by atoms with Gasteiger partial charge in [-0.25, -0.2) is 0 Å². The van der Waals surface area contributed by atoms with Crippen molar-refractivity contribution in [2.75, 3.05) is 20.2 Å². The number of rotatable bonds is 2. The summed E-state index contributed by atoms with van der Waals surface area (Å²) < 4.78 is 5.63. The van der Waals surface area contributed by atoms with Gasteiger partial charge >= 0.3 is 0 Å². The maximum absolute atomic E-state index is 12.1. The van der Waals surface area contributed by atoms with E-state index in [9.17, 15) is 4.79 Å². The summed E-state index contributed by atoms with van der Waals surface area (Å²) in [5, 5.41) is 2.97. The lowest BCUT2D eigenvalue weighted by Gasteiger charge is -2.23. The molecule has 2 rings (SSSR count). The number of likely N-dealkylation sites (N-methyl/N-ethyl adjacent to an activating group) is 1. The van der Waals surface area contributed by atoms with Gasteiger partial charge in [0.15, 0.2) is 0 Å². The molecule has 0 radical (unpaired) electrons. The van der Waals surface area contributed by atoms with Crippen LogP contribution in [0, 0.1) is 0 Å². The summed E-state index contributed by atoms with van der Waals surface area (Å²) in [5.74, 6) is 1.01. The van der Waals surface area contributed by atoms with Gasteiger partial charge in [0, 0.05) is 12.1 Å². The number of ether oxygens (including phenoxy) is 1. The molecule has 1 N–H and O–H groups in total. The van der Waals surface area contributed by atoms with Crippen LogP contribution in [0.4, 0.5) is 0 Å². The molecule has 1 heterocycles. The van der Waals surface area contributed by atoms with Gasteiger partial charge in [0.2, 0.25) is 5.91 Å². The van der Waals surface area contributed by atoms with Crippen molar-refractivity contribution < 1.29 is 9.53 Å². The van der Waals surface area contributed by atoms with Crippen molar-refractivity contribution >= 4 is 5.91 Å². The lowest BCUT2D eigenvalue weighted by Crippen LogP contribution is -2.44. The Bertz CT molecular complexity index is 406. The van der Waals surface area contributed by atoms with E-state index < -0.39 is 0 Å². The number of para-hydroxylation sites is 1. The number of nitrogens with one attached hydrogen (secondary N) is 1. The minimum Gasteiger partial charge on any atom is -0.491 e. The van der Waals surface area contributed by atoms with Crippen LogP contribution in [-0.2, 0) is 11.3 Å². The second-order valence-corrected chi connectivity index (χ2v) is 4.23. The molecule has 1 aliphatic rings. The summed E-state index contributed by atoms with van der Waals surface area (Å²) in [7, 11) is 1.80. The van der Waals surface area contributed by atoms with Crippen molar-refractivity contribution in [3.05, 3.63) is 29.8 Å². The Kier molecular flexibility index (Phi) is 3.64. The van der Waals surface area contributed by atoms with E-state index in [0.29, 0.717) is 19.7 Å². The Hall–Kier alpha value is -1.55. The summed E-state index contributed by atoms with van der Waals surface area (Å²) in [5.41, 5.74) is 1.07. The Morgan fingerprint density at radius 1 is 1.47 bits per heavy atom. The van der Waals surface area contributed by atoms with Crippen LogP contribution in [0.5, 0.6) is 5.75 Å². The van der Waals surface area contributed by atoms with Gasteiger partial charge in [-0.2, -0.15) is 0 Å². The van der Waals surface area contributed by atoms with Crippen molar-refractivity contribution in [3.63, 3.8) is 0 Å². The first-order valence-corrected chi connectivity index (χ1v) is 5.89. The van der Waals surface area contributed by atoms with Gasteiger partial charge in [-0.3, -0.25) is 4.79 Å². The maximum atomic E-state index is 12.1. The fourth-order valence-corrected chi connectivity index (χ4v) is 1.91. The highest BCUT2D eigenvalue weighted by Gasteiger charge is 2.22. The van der Waals surface area contributed by atoms with E-state index in [1.165, 1.54) is 0 Å². The Morgan fingerprint density at radius 3 is 3.00 bits per heavy atom. The molecule has 17 heavy (non-hydrogen) atoms. The Labute approximate surface area is 102 Å². The SMILES string of the molecule is CNC(C)C(=O)N1CCOc2ccccc2C1. The molecule has 0 aliphatic carbocycles. The number of hydrogen-bond donors (Lipinski definition) is 1. The maximum Gasteiger partial charge on any atom is 0.239 e. The molecular formula is C13H18N2O2. The number of nitrogens with zero attached hydrogens (tertiary/aromatic N) is 1. The Morgan fingerprint density at radius 2 is 2.24 bits per heavy atom. The van der Waals surface area contributed by atoms with E-state index in [-0.39, 0.29) is 11.9 Å². The fraction of sp³-hybridized carbons (Fsp3) is 0.462. The van der Waals surface area contributed by atoms with Crippen LogP contribution in [0.1, 0.15) is 12.5 Å². The molecule has 1 atom stereocenters. The predicted molar refractivity (Wildman–Crippen MR) is 65.9 cm³/mol. The van der Waals surface area contributed by atoms with Crippen molar-refractivity contribution in [1.29, 1.82) is 0 Å². The molecule has 1 aliphatic heterocycles. The van der Waals surface area contributed by atoms with Crippen molar-refractivity contribution in [2.24, 2.45) is 0 Å². The summed E-state index contributed by atoms with van der Waals surface area (Å²) in [4.78, 5) is 13.9. The molecule has 0 saturated carbocycles. The quantitative estimate of drug-likeness (QED) is 0.830. The first-order chi connectivity index (χ1) is 8.22. The van der Waals surface area contributed by atoms with E-state index in [0.717, 1.165) is 11.3 Å². The minimum atomic E-state index is -0.153. The van der Waals surface area contributed by atoms with Gasteiger partial charge in [-0.15, -0.1) is 0 Å². The van der Waals surface area contributed by atoms with Gasteiger partial charge in [0.25, 0.3) is 0 Å². The number of amides is 1. The zero-order chi connectivity index (χ0) is 12.3. The van der Waals surface area contributed by atoms with Crippen LogP contribution < -0.4 is 10.1 Å². The van der Waals surface area contributed by atoms with E-state index in [1.807, 2.05) is 36.1 Å². The lowest BCUT2D eigenvalue weighted by atomic mass is 10.2. The van der Waals surface area contributed by atoms with Crippen LogP contribution >= 0.6 is 0 Å². The standard InChI is InChI=1S/C13H18N2O2/c1-10(14-2)13(16)15-7-8-17-12-6-4-3-5-11(12)9-15/h3-6,10,14H,7-9H2,1-2H3. The van der Waals surface area contributed by atoms with Crippen LogP contribution in [0.3, 0.4) is 0 Å². The molecule has 1 aromatic rings. The van der Waals surface area contributed by atoms with E-state index in [1.54, 1.807) is 7.05 Å². The summed E-state index contributed by atoms with van der Waals surface area (Å²) in [6.07, 6.45) is 0. The lowest BCUT2D eigenvalue weighted by molar-refractivity contribution is -0.133. The van der Waals surface area contributed by atoms with Crippen LogP contribution in [0.15, 0.2) is 24.3 Å². The molecule has 0 bridgehead atoms. The fourth-order valence-electron chi connectivity index (χ4n) is 1.91. The Balaban J connectivity index is 2.15.